The van der Waals surface area contributed by atoms with E-state index in [1.54, 1.807) is 60.7 Å². The number of piperidine rings is 2. The molecule has 49 heavy (non-hydrogen) atoms. The lowest BCUT2D eigenvalue weighted by Gasteiger charge is -2.34. The molecule has 1 N–H and O–H groups in total. The molecule has 0 bridgehead atoms. The van der Waals surface area contributed by atoms with Gasteiger partial charge < -0.3 is 19.2 Å². The molecule has 1 aromatic heterocycles. The van der Waals surface area contributed by atoms with Gasteiger partial charge in [0.15, 0.2) is 15.6 Å². The van der Waals surface area contributed by atoms with Crippen LogP contribution in [0, 0.1) is 0 Å². The Bertz CT molecular complexity index is 1860. The molecule has 3 aromatic carbocycles. The number of fused-ring (bicyclic) bond motifs is 1. The number of sulfone groups is 1. The van der Waals surface area contributed by atoms with Crippen molar-refractivity contribution in [2.75, 3.05) is 32.4 Å². The summed E-state index contributed by atoms with van der Waals surface area (Å²) in [6.07, 6.45) is -3.54. The average molecular weight is 704 g/mol. The normalized spacial score (nSPS) is 19.9. The molecule has 2 fully saturated rings. The standard InChI is InChI=1S/C35H37F4N3O6S/c1-49(44,45)29-9-4-24(5-10-29)21-42-17-14-32(30(36)22-42)46-28-8-11-31-25(18-28)19-33(47-31)34(43)40-26-12-15-41(16-13-26)20-23-2-6-27(7-3-23)48-35(37,38)39/h2-11,18-19,26,30,32H,12-17,20-22H2,1H3,(H,40,43). The molecule has 0 spiro atoms. The predicted octanol–water partition coefficient (Wildman–Crippen LogP) is 6.12. The number of likely N-dealkylation sites (tertiary alicyclic amines) is 2. The van der Waals surface area contributed by atoms with Crippen molar-refractivity contribution >= 4 is 26.7 Å². The summed E-state index contributed by atoms with van der Waals surface area (Å²) in [4.78, 5) is 17.4. The third-order valence-electron chi connectivity index (χ3n) is 8.81. The number of nitrogens with zero attached hydrogens (tertiary/aromatic N) is 2. The Hall–Kier alpha value is -4.14. The van der Waals surface area contributed by atoms with E-state index in [2.05, 4.69) is 15.0 Å². The number of hydrogen-bond acceptors (Lipinski definition) is 8. The second kappa shape index (κ2) is 14.4. The number of halogens is 4. The van der Waals surface area contributed by atoms with Crippen molar-refractivity contribution < 1.29 is 44.7 Å². The minimum absolute atomic E-state index is 0.0578. The zero-order valence-electron chi connectivity index (χ0n) is 26.8. The molecular formula is C35H37F4N3O6S. The second-order valence-electron chi connectivity index (χ2n) is 12.6. The van der Waals surface area contributed by atoms with E-state index in [0.717, 1.165) is 17.4 Å². The Labute approximate surface area is 281 Å². The zero-order valence-corrected chi connectivity index (χ0v) is 27.6. The van der Waals surface area contributed by atoms with Crippen molar-refractivity contribution in [2.45, 2.75) is 61.9 Å². The number of carbonyl (C=O) groups is 1. The molecule has 6 rings (SSSR count). The van der Waals surface area contributed by atoms with Gasteiger partial charge in [-0.3, -0.25) is 14.6 Å². The quantitative estimate of drug-likeness (QED) is 0.197. The minimum atomic E-state index is -4.73. The van der Waals surface area contributed by atoms with Gasteiger partial charge in [-0.2, -0.15) is 0 Å². The molecule has 9 nitrogen and oxygen atoms in total. The Balaban J connectivity index is 0.963. The third-order valence-corrected chi connectivity index (χ3v) is 9.94. The van der Waals surface area contributed by atoms with Gasteiger partial charge in [0.2, 0.25) is 0 Å². The first-order chi connectivity index (χ1) is 23.3. The number of carbonyl (C=O) groups excluding carboxylic acids is 1. The van der Waals surface area contributed by atoms with Gasteiger partial charge >= 0.3 is 6.36 Å². The summed E-state index contributed by atoms with van der Waals surface area (Å²) in [6, 6.07) is 19.2. The fourth-order valence-corrected chi connectivity index (χ4v) is 6.88. The van der Waals surface area contributed by atoms with Crippen LogP contribution >= 0.6 is 0 Å². The first-order valence-electron chi connectivity index (χ1n) is 16.0. The molecule has 1 amide bonds. The molecule has 0 aliphatic carbocycles. The smallest absolute Gasteiger partial charge is 0.487 e. The summed E-state index contributed by atoms with van der Waals surface area (Å²) < 4.78 is 91.6. The maximum atomic E-state index is 15.2. The number of amides is 1. The number of rotatable bonds is 10. The van der Waals surface area contributed by atoms with Crippen LogP contribution in [-0.2, 0) is 22.9 Å². The molecule has 3 heterocycles. The largest absolute Gasteiger partial charge is 0.573 e. The van der Waals surface area contributed by atoms with Gasteiger partial charge in [0.1, 0.15) is 29.4 Å². The maximum Gasteiger partial charge on any atom is 0.573 e. The molecule has 2 atom stereocenters. The van der Waals surface area contributed by atoms with Gasteiger partial charge in [-0.1, -0.05) is 24.3 Å². The molecule has 2 saturated heterocycles. The highest BCUT2D eigenvalue weighted by Gasteiger charge is 2.32. The predicted molar refractivity (Wildman–Crippen MR) is 174 cm³/mol. The van der Waals surface area contributed by atoms with E-state index in [0.29, 0.717) is 68.7 Å². The van der Waals surface area contributed by atoms with E-state index in [1.807, 2.05) is 4.90 Å². The van der Waals surface area contributed by atoms with Crippen molar-refractivity contribution in [3.05, 3.63) is 89.7 Å². The molecule has 2 aliphatic rings. The van der Waals surface area contributed by atoms with E-state index in [1.165, 1.54) is 12.1 Å². The van der Waals surface area contributed by atoms with E-state index >= 15 is 4.39 Å². The first kappa shape index (κ1) is 34.7. The Kier molecular flexibility index (Phi) is 10.2. The van der Waals surface area contributed by atoms with Crippen LogP contribution in [0.15, 0.2) is 82.1 Å². The van der Waals surface area contributed by atoms with Gasteiger partial charge in [0.05, 0.1) is 4.90 Å². The van der Waals surface area contributed by atoms with Crippen molar-refractivity contribution in [1.82, 2.24) is 15.1 Å². The Morgan fingerprint density at radius 1 is 0.878 bits per heavy atom. The molecule has 0 saturated carbocycles. The summed E-state index contributed by atoms with van der Waals surface area (Å²) >= 11 is 0. The fourth-order valence-electron chi connectivity index (χ4n) is 6.25. The van der Waals surface area contributed by atoms with Crippen molar-refractivity contribution in [1.29, 1.82) is 0 Å². The molecule has 2 aliphatic heterocycles. The molecule has 2 unspecified atom stereocenters. The average Bonchev–Trinajstić information content (AvgIpc) is 3.47. The van der Waals surface area contributed by atoms with Crippen LogP contribution in [0.5, 0.6) is 11.5 Å². The summed E-state index contributed by atoms with van der Waals surface area (Å²) in [5, 5.41) is 3.69. The van der Waals surface area contributed by atoms with Crippen LogP contribution in [0.25, 0.3) is 11.0 Å². The van der Waals surface area contributed by atoms with Gasteiger partial charge in [-0.15, -0.1) is 13.2 Å². The number of ether oxygens (including phenoxy) is 2. The number of hydrogen-bond donors (Lipinski definition) is 1. The highest BCUT2D eigenvalue weighted by molar-refractivity contribution is 7.90. The monoisotopic (exact) mass is 703 g/mol. The van der Waals surface area contributed by atoms with Crippen LogP contribution in [0.1, 0.15) is 40.9 Å². The van der Waals surface area contributed by atoms with Gasteiger partial charge in [-0.05, 0) is 78.9 Å². The number of benzene rings is 3. The zero-order chi connectivity index (χ0) is 34.8. The van der Waals surface area contributed by atoms with E-state index in [9.17, 15) is 26.4 Å². The van der Waals surface area contributed by atoms with Crippen LogP contribution < -0.4 is 14.8 Å². The van der Waals surface area contributed by atoms with Gasteiger partial charge in [0.25, 0.3) is 5.91 Å². The van der Waals surface area contributed by atoms with Gasteiger partial charge in [-0.25, -0.2) is 12.8 Å². The summed E-state index contributed by atoms with van der Waals surface area (Å²) in [7, 11) is -3.28. The highest BCUT2D eigenvalue weighted by atomic mass is 32.2. The molecule has 262 valence electrons. The summed E-state index contributed by atoms with van der Waals surface area (Å²) in [6.45, 7) is 3.29. The van der Waals surface area contributed by atoms with E-state index in [-0.39, 0.29) is 34.9 Å². The minimum Gasteiger partial charge on any atom is -0.487 e. The lowest BCUT2D eigenvalue weighted by molar-refractivity contribution is -0.274. The third kappa shape index (κ3) is 9.31. The summed E-state index contributed by atoms with van der Waals surface area (Å²) in [5.41, 5.74) is 2.28. The lowest BCUT2D eigenvalue weighted by Crippen LogP contribution is -2.46. The lowest BCUT2D eigenvalue weighted by atomic mass is 10.0. The SMILES string of the molecule is CS(=O)(=O)c1ccc(CN2CCC(Oc3ccc4oc(C(=O)NC5CCN(Cc6ccc(OC(F)(F)F)cc6)CC5)cc4c3)C(F)C2)cc1. The van der Waals surface area contributed by atoms with Crippen molar-refractivity contribution in [3.63, 3.8) is 0 Å². The first-order valence-corrected chi connectivity index (χ1v) is 17.9. The molecular weight excluding hydrogens is 666 g/mol. The number of furan rings is 1. The molecule has 14 heteroatoms. The Morgan fingerprint density at radius 2 is 1.49 bits per heavy atom. The number of alkyl halides is 4. The van der Waals surface area contributed by atoms with Crippen LogP contribution in [0.4, 0.5) is 17.6 Å². The van der Waals surface area contributed by atoms with E-state index in [4.69, 9.17) is 9.15 Å². The molecule has 4 aromatic rings. The van der Waals surface area contributed by atoms with Crippen LogP contribution in [-0.4, -0.2) is 81.2 Å². The second-order valence-corrected chi connectivity index (χ2v) is 14.7. The topological polar surface area (TPSA) is 101 Å². The van der Waals surface area contributed by atoms with Crippen LogP contribution in [0.3, 0.4) is 0 Å². The highest BCUT2D eigenvalue weighted by Crippen LogP contribution is 2.29. The van der Waals surface area contributed by atoms with Crippen molar-refractivity contribution in [3.8, 4) is 11.5 Å². The number of nitrogens with one attached hydrogen (secondary N) is 1. The Morgan fingerprint density at radius 3 is 2.12 bits per heavy atom. The van der Waals surface area contributed by atoms with Crippen LogP contribution in [0.2, 0.25) is 0 Å². The maximum absolute atomic E-state index is 15.2. The summed E-state index contributed by atoms with van der Waals surface area (Å²) in [5.74, 6) is 0.0523. The fraction of sp³-hybridized carbons (Fsp3) is 0.400. The molecule has 0 radical (unpaired) electrons. The van der Waals surface area contributed by atoms with Crippen molar-refractivity contribution in [2.24, 2.45) is 0 Å². The van der Waals surface area contributed by atoms with Gasteiger partial charge in [0, 0.05) is 57.0 Å². The van der Waals surface area contributed by atoms with E-state index < -0.39 is 28.5 Å².